The van der Waals surface area contributed by atoms with Crippen LogP contribution >= 0.6 is 0 Å². The second kappa shape index (κ2) is 4.61. The molecule has 0 aliphatic heterocycles. The Hall–Kier alpha value is -1.10. The van der Waals surface area contributed by atoms with E-state index in [2.05, 4.69) is 4.74 Å². The van der Waals surface area contributed by atoms with Crippen molar-refractivity contribution in [3.63, 3.8) is 0 Å². The Morgan fingerprint density at radius 2 is 2.13 bits per heavy atom. The van der Waals surface area contributed by atoms with Crippen molar-refractivity contribution in [1.82, 2.24) is 0 Å². The predicted octanol–water partition coefficient (Wildman–Crippen LogP) is 0.555. The first-order valence-electron chi connectivity index (χ1n) is 5.03. The number of aliphatic carboxylic acids is 1. The fourth-order valence-electron chi connectivity index (χ4n) is 2.16. The van der Waals surface area contributed by atoms with Crippen LogP contribution in [0.25, 0.3) is 0 Å². The van der Waals surface area contributed by atoms with Gasteiger partial charge in [-0.15, -0.1) is 0 Å². The van der Waals surface area contributed by atoms with Gasteiger partial charge in [-0.25, -0.2) is 4.79 Å². The summed E-state index contributed by atoms with van der Waals surface area (Å²) in [6.07, 6.45) is 2.22. The van der Waals surface area contributed by atoms with Crippen LogP contribution in [0.1, 0.15) is 32.1 Å². The second-order valence-corrected chi connectivity index (χ2v) is 3.96. The maximum Gasteiger partial charge on any atom is 0.338 e. The fraction of sp³-hybridized carbons (Fsp3) is 0.800. The molecular weight excluding hydrogens is 200 g/mol. The molecule has 1 saturated carbocycles. The van der Waals surface area contributed by atoms with Gasteiger partial charge >= 0.3 is 11.9 Å². The van der Waals surface area contributed by atoms with Gasteiger partial charge in [-0.05, 0) is 19.3 Å². The van der Waals surface area contributed by atoms with Gasteiger partial charge in [0, 0.05) is 5.92 Å². The van der Waals surface area contributed by atoms with Gasteiger partial charge in [-0.3, -0.25) is 4.79 Å². The molecule has 86 valence electrons. The fourth-order valence-corrected chi connectivity index (χ4v) is 2.16. The summed E-state index contributed by atoms with van der Waals surface area (Å²) in [5, 5.41) is 18.8. The van der Waals surface area contributed by atoms with Crippen LogP contribution in [-0.2, 0) is 14.3 Å². The van der Waals surface area contributed by atoms with Gasteiger partial charge < -0.3 is 14.9 Å². The zero-order valence-electron chi connectivity index (χ0n) is 8.73. The number of rotatable bonds is 3. The van der Waals surface area contributed by atoms with Crippen molar-refractivity contribution in [3.8, 4) is 0 Å². The lowest BCUT2D eigenvalue weighted by atomic mass is 9.74. The van der Waals surface area contributed by atoms with E-state index in [1.807, 2.05) is 0 Å². The van der Waals surface area contributed by atoms with Crippen LogP contribution in [0, 0.1) is 5.92 Å². The van der Waals surface area contributed by atoms with Crippen LogP contribution < -0.4 is 0 Å². The number of hydrogen-bond acceptors (Lipinski definition) is 4. The SMILES string of the molecule is COC(=O)C1(O)CCCCC1CC(=O)O. The lowest BCUT2D eigenvalue weighted by Gasteiger charge is -2.36. The molecule has 0 aromatic heterocycles. The number of carboxylic acids is 1. The zero-order chi connectivity index (χ0) is 11.5. The Labute approximate surface area is 88.0 Å². The number of ether oxygens (including phenoxy) is 1. The van der Waals surface area contributed by atoms with E-state index in [1.54, 1.807) is 0 Å². The molecule has 0 aromatic carbocycles. The molecule has 5 heteroatoms. The molecule has 0 saturated heterocycles. The molecule has 1 aliphatic rings. The number of carboxylic acid groups (broad SMARTS) is 1. The van der Waals surface area contributed by atoms with E-state index < -0.39 is 23.5 Å². The quantitative estimate of drug-likeness (QED) is 0.673. The van der Waals surface area contributed by atoms with Crippen LogP contribution in [0.5, 0.6) is 0 Å². The predicted molar refractivity (Wildman–Crippen MR) is 51.2 cm³/mol. The standard InChI is InChI=1S/C10H16O5/c1-15-9(13)10(14)5-3-2-4-7(10)6-8(11)12/h7,14H,2-6H2,1H3,(H,11,12). The molecule has 2 N–H and O–H groups in total. The molecule has 0 amide bonds. The number of carbonyl (C=O) groups excluding carboxylic acids is 1. The first kappa shape index (κ1) is 12.0. The van der Waals surface area contributed by atoms with Crippen molar-refractivity contribution < 1.29 is 24.5 Å². The van der Waals surface area contributed by atoms with E-state index in [9.17, 15) is 14.7 Å². The molecule has 2 unspecified atom stereocenters. The zero-order valence-corrected chi connectivity index (χ0v) is 8.73. The normalized spacial score (nSPS) is 30.9. The van der Waals surface area contributed by atoms with Gasteiger partial charge in [0.05, 0.1) is 13.5 Å². The molecular formula is C10H16O5. The maximum absolute atomic E-state index is 11.4. The molecule has 1 aliphatic carbocycles. The van der Waals surface area contributed by atoms with E-state index in [4.69, 9.17) is 5.11 Å². The van der Waals surface area contributed by atoms with Crippen LogP contribution in [0.15, 0.2) is 0 Å². The van der Waals surface area contributed by atoms with Crippen molar-refractivity contribution in [2.45, 2.75) is 37.7 Å². The summed E-state index contributed by atoms with van der Waals surface area (Å²) >= 11 is 0. The average Bonchev–Trinajstić information content (AvgIpc) is 2.20. The smallest absolute Gasteiger partial charge is 0.338 e. The minimum Gasteiger partial charge on any atom is -0.481 e. The molecule has 2 atom stereocenters. The largest absolute Gasteiger partial charge is 0.481 e. The number of aliphatic hydroxyl groups is 1. The number of methoxy groups -OCH3 is 1. The van der Waals surface area contributed by atoms with Crippen molar-refractivity contribution in [1.29, 1.82) is 0 Å². The summed E-state index contributed by atoms with van der Waals surface area (Å²) in [6, 6.07) is 0. The number of carbonyl (C=O) groups is 2. The third-order valence-corrected chi connectivity index (χ3v) is 3.00. The number of hydrogen-bond donors (Lipinski definition) is 2. The van der Waals surface area contributed by atoms with Crippen LogP contribution in [0.3, 0.4) is 0 Å². The minimum atomic E-state index is -1.61. The molecule has 0 heterocycles. The van der Waals surface area contributed by atoms with Crippen LogP contribution in [0.4, 0.5) is 0 Å². The minimum absolute atomic E-state index is 0.189. The lowest BCUT2D eigenvalue weighted by Crippen LogP contribution is -2.49. The Bertz CT molecular complexity index is 263. The summed E-state index contributed by atoms with van der Waals surface area (Å²) in [5.41, 5.74) is -1.61. The highest BCUT2D eigenvalue weighted by Gasteiger charge is 2.47. The summed E-state index contributed by atoms with van der Waals surface area (Å²) in [5.74, 6) is -2.24. The van der Waals surface area contributed by atoms with E-state index in [0.29, 0.717) is 6.42 Å². The first-order valence-corrected chi connectivity index (χ1v) is 5.03. The van der Waals surface area contributed by atoms with E-state index in [0.717, 1.165) is 12.8 Å². The summed E-state index contributed by atoms with van der Waals surface area (Å²) < 4.78 is 4.52. The molecule has 0 bridgehead atoms. The lowest BCUT2D eigenvalue weighted by molar-refractivity contribution is -0.174. The molecule has 5 nitrogen and oxygen atoms in total. The van der Waals surface area contributed by atoms with Crippen LogP contribution in [-0.4, -0.2) is 34.9 Å². The molecule has 0 radical (unpaired) electrons. The molecule has 1 rings (SSSR count). The Morgan fingerprint density at radius 3 is 2.67 bits per heavy atom. The Balaban J connectivity index is 2.80. The maximum atomic E-state index is 11.4. The van der Waals surface area contributed by atoms with Crippen molar-refractivity contribution in [3.05, 3.63) is 0 Å². The Morgan fingerprint density at radius 1 is 1.47 bits per heavy atom. The molecule has 0 aromatic rings. The van der Waals surface area contributed by atoms with Crippen molar-refractivity contribution in [2.75, 3.05) is 7.11 Å². The van der Waals surface area contributed by atoms with E-state index in [1.165, 1.54) is 7.11 Å². The van der Waals surface area contributed by atoms with Gasteiger partial charge in [0.2, 0.25) is 0 Å². The molecule has 1 fully saturated rings. The van der Waals surface area contributed by atoms with Gasteiger partial charge in [0.25, 0.3) is 0 Å². The Kier molecular flexibility index (Phi) is 3.68. The van der Waals surface area contributed by atoms with Gasteiger partial charge in [0.15, 0.2) is 5.60 Å². The third kappa shape index (κ3) is 2.47. The molecule has 15 heavy (non-hydrogen) atoms. The highest BCUT2D eigenvalue weighted by Crippen LogP contribution is 2.36. The second-order valence-electron chi connectivity index (χ2n) is 3.96. The summed E-state index contributed by atoms with van der Waals surface area (Å²) in [4.78, 5) is 22.0. The van der Waals surface area contributed by atoms with Crippen molar-refractivity contribution >= 4 is 11.9 Å². The van der Waals surface area contributed by atoms with Gasteiger partial charge in [-0.1, -0.05) is 6.42 Å². The van der Waals surface area contributed by atoms with E-state index >= 15 is 0 Å². The average molecular weight is 216 g/mol. The monoisotopic (exact) mass is 216 g/mol. The van der Waals surface area contributed by atoms with Crippen molar-refractivity contribution in [2.24, 2.45) is 5.92 Å². The third-order valence-electron chi connectivity index (χ3n) is 3.00. The van der Waals surface area contributed by atoms with Crippen LogP contribution in [0.2, 0.25) is 0 Å². The van der Waals surface area contributed by atoms with E-state index in [-0.39, 0.29) is 12.8 Å². The van der Waals surface area contributed by atoms with Gasteiger partial charge in [0.1, 0.15) is 0 Å². The van der Waals surface area contributed by atoms with Gasteiger partial charge in [-0.2, -0.15) is 0 Å². The highest BCUT2D eigenvalue weighted by molar-refractivity contribution is 5.81. The topological polar surface area (TPSA) is 83.8 Å². The molecule has 0 spiro atoms. The first-order chi connectivity index (χ1) is 7.00. The number of esters is 1. The summed E-state index contributed by atoms with van der Waals surface area (Å²) in [6.45, 7) is 0. The summed E-state index contributed by atoms with van der Waals surface area (Å²) in [7, 11) is 1.20. The highest BCUT2D eigenvalue weighted by atomic mass is 16.5.